The van der Waals surface area contributed by atoms with Crippen LogP contribution >= 0.6 is 11.8 Å². The largest absolute Gasteiger partial charge is 0.480 e. The summed E-state index contributed by atoms with van der Waals surface area (Å²) in [5, 5.41) is 15.7. The Labute approximate surface area is 208 Å². The number of aryl methyl sites for hydroxylation is 1. The van der Waals surface area contributed by atoms with E-state index in [4.69, 9.17) is 0 Å². The van der Waals surface area contributed by atoms with Gasteiger partial charge in [-0.05, 0) is 52.8 Å². The lowest BCUT2D eigenvalue weighted by atomic mass is 9.77. The molecular formula is C28H28N2O4S. The Bertz CT molecular complexity index is 1320. The molecule has 180 valence electrons. The molecule has 5 rings (SSSR count). The summed E-state index contributed by atoms with van der Waals surface area (Å²) >= 11 is 1.53. The van der Waals surface area contributed by atoms with Gasteiger partial charge in [0.2, 0.25) is 11.8 Å². The highest BCUT2D eigenvalue weighted by Crippen LogP contribution is 2.51. The molecule has 7 heteroatoms. The van der Waals surface area contributed by atoms with Crippen LogP contribution in [-0.2, 0) is 20.9 Å². The van der Waals surface area contributed by atoms with Gasteiger partial charge in [0.05, 0.1) is 18.4 Å². The number of benzene rings is 3. The summed E-state index contributed by atoms with van der Waals surface area (Å²) in [5.41, 5.74) is 1.20. The van der Waals surface area contributed by atoms with Crippen molar-refractivity contribution in [2.75, 3.05) is 12.0 Å². The highest BCUT2D eigenvalue weighted by molar-refractivity contribution is 7.98. The molecule has 4 atom stereocenters. The van der Waals surface area contributed by atoms with Crippen LogP contribution in [0.4, 0.5) is 0 Å². The Morgan fingerprint density at radius 3 is 2.49 bits per heavy atom. The second-order valence-corrected chi connectivity index (χ2v) is 10.4. The van der Waals surface area contributed by atoms with Gasteiger partial charge >= 0.3 is 5.97 Å². The average Bonchev–Trinajstić information content (AvgIpc) is 3.33. The second-order valence-electron chi connectivity index (χ2n) is 9.40. The van der Waals surface area contributed by atoms with Crippen molar-refractivity contribution in [3.8, 4) is 0 Å². The SMILES string of the molecule is CSCCC1(C(=O)O)NC(c2ccccc2C)C2C(=O)N(Cc3cccc4ccccc34)C(=O)C21. The van der Waals surface area contributed by atoms with Gasteiger partial charge in [-0.3, -0.25) is 24.6 Å². The van der Waals surface area contributed by atoms with Crippen LogP contribution in [0.3, 0.4) is 0 Å². The van der Waals surface area contributed by atoms with E-state index in [1.807, 2.05) is 79.9 Å². The minimum Gasteiger partial charge on any atom is -0.480 e. The highest BCUT2D eigenvalue weighted by Gasteiger charge is 2.68. The summed E-state index contributed by atoms with van der Waals surface area (Å²) in [4.78, 5) is 41.8. The molecule has 2 aliphatic heterocycles. The third-order valence-corrected chi connectivity index (χ3v) is 8.17. The minimum absolute atomic E-state index is 0.130. The Balaban J connectivity index is 1.60. The van der Waals surface area contributed by atoms with E-state index in [1.165, 1.54) is 16.7 Å². The number of nitrogens with one attached hydrogen (secondary N) is 1. The van der Waals surface area contributed by atoms with E-state index in [1.54, 1.807) is 0 Å². The fourth-order valence-corrected chi connectivity index (χ4v) is 6.34. The van der Waals surface area contributed by atoms with Crippen molar-refractivity contribution in [3.63, 3.8) is 0 Å². The van der Waals surface area contributed by atoms with E-state index in [2.05, 4.69) is 5.32 Å². The van der Waals surface area contributed by atoms with E-state index in [0.717, 1.165) is 27.5 Å². The number of hydrogen-bond donors (Lipinski definition) is 2. The molecular weight excluding hydrogens is 460 g/mol. The maximum absolute atomic E-state index is 13.9. The molecule has 0 aliphatic carbocycles. The first-order valence-corrected chi connectivity index (χ1v) is 13.2. The molecule has 35 heavy (non-hydrogen) atoms. The summed E-state index contributed by atoms with van der Waals surface area (Å²) < 4.78 is 0. The molecule has 2 fully saturated rings. The van der Waals surface area contributed by atoms with Crippen molar-refractivity contribution < 1.29 is 19.5 Å². The van der Waals surface area contributed by atoms with Gasteiger partial charge in [-0.1, -0.05) is 66.7 Å². The van der Waals surface area contributed by atoms with Gasteiger partial charge in [-0.2, -0.15) is 11.8 Å². The number of fused-ring (bicyclic) bond motifs is 2. The van der Waals surface area contributed by atoms with Crippen LogP contribution in [0.1, 0.15) is 29.2 Å². The number of carbonyl (C=O) groups is 3. The summed E-state index contributed by atoms with van der Waals surface area (Å²) in [7, 11) is 0. The number of aliphatic carboxylic acids is 1. The molecule has 0 aromatic heterocycles. The van der Waals surface area contributed by atoms with Crippen molar-refractivity contribution >= 4 is 40.3 Å². The average molecular weight is 489 g/mol. The third kappa shape index (κ3) is 3.74. The van der Waals surface area contributed by atoms with Crippen molar-refractivity contribution in [3.05, 3.63) is 83.4 Å². The first kappa shape index (κ1) is 23.6. The number of nitrogens with zero attached hydrogens (tertiary/aromatic N) is 1. The summed E-state index contributed by atoms with van der Waals surface area (Å²) in [5.74, 6) is -2.95. The van der Waals surface area contributed by atoms with Gasteiger partial charge in [0.1, 0.15) is 5.54 Å². The van der Waals surface area contributed by atoms with Crippen molar-refractivity contribution in [2.45, 2.75) is 31.5 Å². The van der Waals surface area contributed by atoms with Gasteiger partial charge < -0.3 is 5.11 Å². The maximum Gasteiger partial charge on any atom is 0.324 e. The van der Waals surface area contributed by atoms with Crippen molar-refractivity contribution in [1.29, 1.82) is 0 Å². The van der Waals surface area contributed by atoms with Crippen LogP contribution < -0.4 is 5.32 Å². The van der Waals surface area contributed by atoms with Crippen LogP contribution in [0.25, 0.3) is 10.8 Å². The number of carboxylic acids is 1. The first-order valence-electron chi connectivity index (χ1n) is 11.8. The van der Waals surface area contributed by atoms with Gasteiger partial charge in [0, 0.05) is 6.04 Å². The zero-order valence-electron chi connectivity index (χ0n) is 19.7. The number of likely N-dealkylation sites (tertiary alicyclic amines) is 1. The van der Waals surface area contributed by atoms with Crippen LogP contribution in [0.2, 0.25) is 0 Å². The third-order valence-electron chi connectivity index (χ3n) is 7.56. The Morgan fingerprint density at radius 1 is 1.03 bits per heavy atom. The number of imide groups is 1. The number of carboxylic acid groups (broad SMARTS) is 1. The Hall–Kier alpha value is -3.16. The van der Waals surface area contributed by atoms with Crippen LogP contribution in [0, 0.1) is 18.8 Å². The highest BCUT2D eigenvalue weighted by atomic mass is 32.2. The van der Waals surface area contributed by atoms with Crippen LogP contribution in [0.15, 0.2) is 66.7 Å². The molecule has 3 aromatic rings. The molecule has 0 radical (unpaired) electrons. The summed E-state index contributed by atoms with van der Waals surface area (Å²) in [6.07, 6.45) is 2.17. The van der Waals surface area contributed by atoms with E-state index in [0.29, 0.717) is 5.75 Å². The lowest BCUT2D eigenvalue weighted by molar-refractivity contribution is -0.151. The fourth-order valence-electron chi connectivity index (χ4n) is 5.82. The molecule has 0 bridgehead atoms. The maximum atomic E-state index is 13.9. The van der Waals surface area contributed by atoms with Gasteiger partial charge in [0.15, 0.2) is 0 Å². The number of hydrogen-bond acceptors (Lipinski definition) is 5. The van der Waals surface area contributed by atoms with E-state index in [-0.39, 0.29) is 18.9 Å². The van der Waals surface area contributed by atoms with Gasteiger partial charge in [-0.15, -0.1) is 0 Å². The molecule has 0 spiro atoms. The second kappa shape index (κ2) is 9.13. The lowest BCUT2D eigenvalue weighted by Gasteiger charge is -2.31. The normalized spacial score (nSPS) is 25.9. The van der Waals surface area contributed by atoms with E-state index in [9.17, 15) is 19.5 Å². The standard InChI is InChI=1S/C28H28N2O4S/c1-17-8-3-5-12-20(17)24-22-23(28(29-24,27(33)34)14-15-35-2)26(32)30(25(22)31)16-19-11-7-10-18-9-4-6-13-21(18)19/h3-13,22-24,29H,14-16H2,1-2H3,(H,33,34). The Kier molecular flexibility index (Phi) is 6.15. The number of rotatable bonds is 7. The quantitative estimate of drug-likeness (QED) is 0.486. The fraction of sp³-hybridized carbons (Fsp3) is 0.321. The van der Waals surface area contributed by atoms with Crippen molar-refractivity contribution in [1.82, 2.24) is 10.2 Å². The van der Waals surface area contributed by atoms with Crippen LogP contribution in [-0.4, -0.2) is 45.3 Å². The molecule has 2 amide bonds. The predicted molar refractivity (Wildman–Crippen MR) is 137 cm³/mol. The minimum atomic E-state index is -1.50. The summed E-state index contributed by atoms with van der Waals surface area (Å²) in [6, 6.07) is 20.8. The predicted octanol–water partition coefficient (Wildman–Crippen LogP) is 4.17. The Morgan fingerprint density at radius 2 is 1.74 bits per heavy atom. The number of thioether (sulfide) groups is 1. The molecule has 2 saturated heterocycles. The summed E-state index contributed by atoms with van der Waals surface area (Å²) in [6.45, 7) is 2.08. The molecule has 3 aromatic carbocycles. The number of amides is 2. The molecule has 2 aliphatic rings. The molecule has 0 saturated carbocycles. The number of carbonyl (C=O) groups excluding carboxylic acids is 2. The topological polar surface area (TPSA) is 86.7 Å². The zero-order valence-corrected chi connectivity index (χ0v) is 20.5. The molecule has 2 heterocycles. The van der Waals surface area contributed by atoms with Crippen LogP contribution in [0.5, 0.6) is 0 Å². The van der Waals surface area contributed by atoms with Gasteiger partial charge in [0.25, 0.3) is 0 Å². The molecule has 2 N–H and O–H groups in total. The smallest absolute Gasteiger partial charge is 0.324 e. The lowest BCUT2D eigenvalue weighted by Crippen LogP contribution is -2.56. The zero-order chi connectivity index (χ0) is 24.7. The van der Waals surface area contributed by atoms with E-state index >= 15 is 0 Å². The van der Waals surface area contributed by atoms with Crippen molar-refractivity contribution in [2.24, 2.45) is 11.8 Å². The molecule has 6 nitrogen and oxygen atoms in total. The monoisotopic (exact) mass is 488 g/mol. The first-order chi connectivity index (χ1) is 16.9. The molecule has 4 unspecified atom stereocenters. The van der Waals surface area contributed by atoms with E-state index < -0.39 is 35.3 Å². The van der Waals surface area contributed by atoms with Gasteiger partial charge in [-0.25, -0.2) is 0 Å².